The van der Waals surface area contributed by atoms with Gasteiger partial charge in [0.05, 0.1) is 0 Å². The molecule has 37 heavy (non-hydrogen) atoms. The van der Waals surface area contributed by atoms with Crippen LogP contribution < -0.4 is 0 Å². The molecule has 1 saturated carbocycles. The quantitative estimate of drug-likeness (QED) is 0.186. The molecular weight excluding hydrogens is 565 g/mol. The fourth-order valence-electron chi connectivity index (χ4n) is 4.17. The minimum atomic E-state index is -6.65. The van der Waals surface area contributed by atoms with Crippen LogP contribution in [-0.2, 0) is 19.0 Å². The van der Waals surface area contributed by atoms with Crippen LogP contribution in [0.1, 0.15) is 32.6 Å². The molecule has 0 saturated heterocycles. The van der Waals surface area contributed by atoms with E-state index in [9.17, 15) is 70.7 Å². The van der Waals surface area contributed by atoms with Crippen molar-refractivity contribution in [3.8, 4) is 0 Å². The summed E-state index contributed by atoms with van der Waals surface area (Å²) >= 11 is 0. The monoisotopic (exact) mass is 584 g/mol. The fraction of sp³-hybridized carbons (Fsp3) is 0.944. The van der Waals surface area contributed by atoms with Gasteiger partial charge in [0.15, 0.2) is 0 Å². The van der Waals surface area contributed by atoms with Crippen molar-refractivity contribution >= 4 is 5.97 Å². The molecule has 4 nitrogen and oxygen atoms in total. The first kappa shape index (κ1) is 33.4. The van der Waals surface area contributed by atoms with Crippen LogP contribution in [0.25, 0.3) is 0 Å². The Labute approximate surface area is 198 Å². The van der Waals surface area contributed by atoms with Crippen LogP contribution in [0.2, 0.25) is 0 Å². The summed E-state index contributed by atoms with van der Waals surface area (Å²) in [4.78, 5) is 11.7. The van der Waals surface area contributed by atoms with Gasteiger partial charge in [-0.25, -0.2) is 0 Å². The Bertz CT molecular complexity index is 742. The summed E-state index contributed by atoms with van der Waals surface area (Å²) in [7, 11) is 0.645. The average molecular weight is 584 g/mol. The molecule has 1 rings (SSSR count). The second kappa shape index (κ2) is 10.5. The molecule has 0 aromatic rings. The van der Waals surface area contributed by atoms with E-state index < -0.39 is 98.3 Å². The van der Waals surface area contributed by atoms with Gasteiger partial charge < -0.3 is 14.2 Å². The first-order valence-electron chi connectivity index (χ1n) is 10.0. The summed E-state index contributed by atoms with van der Waals surface area (Å²) in [5.74, 6) is -12.3. The molecule has 0 aromatic carbocycles. The maximum atomic E-state index is 13.8. The van der Waals surface area contributed by atoms with E-state index in [-0.39, 0.29) is 6.92 Å². The number of carbonyl (C=O) groups is 1. The van der Waals surface area contributed by atoms with Crippen LogP contribution in [0, 0.1) is 17.8 Å². The lowest BCUT2D eigenvalue weighted by atomic mass is 9.67. The summed E-state index contributed by atoms with van der Waals surface area (Å²) in [5, 5.41) is 0. The van der Waals surface area contributed by atoms with Gasteiger partial charge >= 0.3 is 42.5 Å². The van der Waals surface area contributed by atoms with E-state index in [0.29, 0.717) is 7.11 Å². The molecule has 220 valence electrons. The molecule has 1 unspecified atom stereocenters. The zero-order chi connectivity index (χ0) is 29.5. The maximum absolute atomic E-state index is 13.8. The van der Waals surface area contributed by atoms with Gasteiger partial charge in [0.25, 0.3) is 5.60 Å². The third-order valence-electron chi connectivity index (χ3n) is 6.07. The lowest BCUT2D eigenvalue weighted by Gasteiger charge is -2.48. The van der Waals surface area contributed by atoms with Crippen molar-refractivity contribution in [3.63, 3.8) is 0 Å². The Morgan fingerprint density at radius 3 is 1.27 bits per heavy atom. The molecular formula is C18H19F15O4. The molecule has 0 N–H and O–H groups in total. The highest BCUT2D eigenvalue weighted by atomic mass is 19.4. The van der Waals surface area contributed by atoms with Crippen LogP contribution >= 0.6 is 0 Å². The van der Waals surface area contributed by atoms with E-state index in [2.05, 4.69) is 14.2 Å². The van der Waals surface area contributed by atoms with Gasteiger partial charge in [0.1, 0.15) is 12.7 Å². The Kier molecular flexibility index (Phi) is 9.45. The Balaban J connectivity index is 3.54. The topological polar surface area (TPSA) is 44.8 Å². The number of methoxy groups -OCH3 is 1. The van der Waals surface area contributed by atoms with Crippen molar-refractivity contribution in [2.45, 2.75) is 74.7 Å². The Morgan fingerprint density at radius 1 is 0.676 bits per heavy atom. The molecule has 1 atom stereocenters. The van der Waals surface area contributed by atoms with Crippen LogP contribution in [0.4, 0.5) is 65.9 Å². The lowest BCUT2D eigenvalue weighted by molar-refractivity contribution is -0.415. The standard InChI is InChI=1S/C18H19F15O4/c1-8(14(19,20)21)11(34)37-13(17(28,29)30,18(31,32)33)10-5-3-9(4-6-10)12(15(22,23)24,16(25,26)27)36-7-35-2/h8-10H,3-7H2,1-2H3. The van der Waals surface area contributed by atoms with Gasteiger partial charge in [-0.05, 0) is 32.6 Å². The number of ether oxygens (including phenoxy) is 3. The Morgan fingerprint density at radius 2 is 1.00 bits per heavy atom. The number of esters is 1. The molecule has 0 spiro atoms. The smallest absolute Gasteiger partial charge is 0.437 e. The van der Waals surface area contributed by atoms with E-state index in [4.69, 9.17) is 0 Å². The van der Waals surface area contributed by atoms with Gasteiger partial charge in [-0.3, -0.25) is 4.79 Å². The zero-order valence-electron chi connectivity index (χ0n) is 18.6. The minimum absolute atomic E-state index is 0.0924. The van der Waals surface area contributed by atoms with Crippen LogP contribution in [-0.4, -0.2) is 62.0 Å². The number of halogens is 15. The lowest BCUT2D eigenvalue weighted by Crippen LogP contribution is -2.67. The summed E-state index contributed by atoms with van der Waals surface area (Å²) in [6.45, 7) is -1.70. The normalized spacial score (nSPS) is 22.1. The predicted octanol–water partition coefficient (Wildman–Crippen LogP) is 6.88. The van der Waals surface area contributed by atoms with Crippen molar-refractivity contribution in [1.82, 2.24) is 0 Å². The van der Waals surface area contributed by atoms with Crippen LogP contribution in [0.15, 0.2) is 0 Å². The molecule has 0 heterocycles. The number of carbonyl (C=O) groups excluding carboxylic acids is 1. The van der Waals surface area contributed by atoms with Crippen molar-refractivity contribution in [2.75, 3.05) is 13.9 Å². The molecule has 0 aromatic heterocycles. The number of hydrogen-bond donors (Lipinski definition) is 0. The SMILES string of the molecule is COCOC(C1CCC(C(OC(=O)C(C)C(F)(F)F)(C(F)(F)F)C(F)(F)F)CC1)(C(F)(F)F)C(F)(F)F. The molecule has 0 amide bonds. The zero-order valence-corrected chi connectivity index (χ0v) is 18.6. The van der Waals surface area contributed by atoms with E-state index in [1.54, 1.807) is 0 Å². The van der Waals surface area contributed by atoms with Crippen molar-refractivity contribution in [1.29, 1.82) is 0 Å². The highest BCUT2D eigenvalue weighted by Gasteiger charge is 2.80. The van der Waals surface area contributed by atoms with Gasteiger partial charge in [-0.1, -0.05) is 0 Å². The Hall–Kier alpha value is -1.66. The molecule has 0 bridgehead atoms. The molecule has 0 radical (unpaired) electrons. The van der Waals surface area contributed by atoms with Gasteiger partial charge in [0, 0.05) is 18.9 Å². The molecule has 1 fully saturated rings. The highest BCUT2D eigenvalue weighted by molar-refractivity contribution is 5.73. The van der Waals surface area contributed by atoms with E-state index in [1.807, 2.05) is 0 Å². The van der Waals surface area contributed by atoms with E-state index in [1.165, 1.54) is 0 Å². The van der Waals surface area contributed by atoms with Gasteiger partial charge in [0.2, 0.25) is 0 Å². The number of rotatable bonds is 7. The summed E-state index contributed by atoms with van der Waals surface area (Å²) in [6, 6.07) is 0. The largest absolute Gasteiger partial charge is 0.439 e. The first-order valence-corrected chi connectivity index (χ1v) is 10.0. The van der Waals surface area contributed by atoms with E-state index >= 15 is 0 Å². The third kappa shape index (κ3) is 6.16. The molecule has 1 aliphatic rings. The fourth-order valence-corrected chi connectivity index (χ4v) is 4.17. The molecule has 1 aliphatic carbocycles. The van der Waals surface area contributed by atoms with Crippen molar-refractivity contribution < 1.29 is 84.9 Å². The predicted molar refractivity (Wildman–Crippen MR) is 89.4 cm³/mol. The summed E-state index contributed by atoms with van der Waals surface area (Å²) in [5.41, 5.74) is -10.7. The van der Waals surface area contributed by atoms with E-state index in [0.717, 1.165) is 0 Å². The van der Waals surface area contributed by atoms with Crippen molar-refractivity contribution in [3.05, 3.63) is 0 Å². The van der Waals surface area contributed by atoms with Gasteiger partial charge in [-0.2, -0.15) is 65.9 Å². The highest BCUT2D eigenvalue weighted by Crippen LogP contribution is 2.59. The van der Waals surface area contributed by atoms with Crippen molar-refractivity contribution in [2.24, 2.45) is 17.8 Å². The third-order valence-corrected chi connectivity index (χ3v) is 6.07. The number of hydrogen-bond acceptors (Lipinski definition) is 4. The first-order chi connectivity index (χ1) is 16.3. The molecule has 19 heteroatoms. The average Bonchev–Trinajstić information content (AvgIpc) is 2.67. The summed E-state index contributed by atoms with van der Waals surface area (Å²) < 4.78 is 214. The second-order valence-electron chi connectivity index (χ2n) is 8.25. The maximum Gasteiger partial charge on any atom is 0.437 e. The van der Waals surface area contributed by atoms with Crippen LogP contribution in [0.3, 0.4) is 0 Å². The molecule has 0 aliphatic heterocycles. The summed E-state index contributed by atoms with van der Waals surface area (Å²) in [6.07, 6.45) is -38.1. The van der Waals surface area contributed by atoms with Crippen LogP contribution in [0.5, 0.6) is 0 Å². The number of alkyl halides is 15. The minimum Gasteiger partial charge on any atom is -0.439 e. The van der Waals surface area contributed by atoms with Gasteiger partial charge in [-0.15, -0.1) is 0 Å². The second-order valence-corrected chi connectivity index (χ2v) is 8.25.